The van der Waals surface area contributed by atoms with Crippen molar-refractivity contribution in [2.75, 3.05) is 12.8 Å². The highest BCUT2D eigenvalue weighted by atomic mass is 31.2. The number of pyridine rings is 2. The molecule has 0 atom stereocenters. The summed E-state index contributed by atoms with van der Waals surface area (Å²) in [7, 11) is -3.96. The van der Waals surface area contributed by atoms with Crippen LogP contribution in [-0.2, 0) is 17.7 Å². The van der Waals surface area contributed by atoms with Crippen LogP contribution in [0.15, 0.2) is 49.1 Å². The molecule has 2 rings (SSSR count). The molecule has 0 saturated heterocycles. The number of aliphatic hydroxyl groups is 1. The van der Waals surface area contributed by atoms with E-state index in [1.54, 1.807) is 17.0 Å². The lowest BCUT2D eigenvalue weighted by Gasteiger charge is -2.02. The van der Waals surface area contributed by atoms with E-state index in [9.17, 15) is 4.57 Å². The van der Waals surface area contributed by atoms with Crippen LogP contribution in [-0.4, -0.2) is 27.7 Å². The van der Waals surface area contributed by atoms with Gasteiger partial charge in [-0.3, -0.25) is 4.57 Å². The predicted octanol–water partition coefficient (Wildman–Crippen LogP) is 0.0986. The Kier molecular flexibility index (Phi) is 5.20. The lowest BCUT2D eigenvalue weighted by atomic mass is 10.1. The summed E-state index contributed by atoms with van der Waals surface area (Å²) in [5.74, 6) is 0. The Balaban J connectivity index is 2.06. The summed E-state index contributed by atoms with van der Waals surface area (Å²) in [5, 5.41) is 8.87. The number of hydrogen-bond acceptors (Lipinski definition) is 2. The molecule has 0 aliphatic carbocycles. The van der Waals surface area contributed by atoms with Crippen molar-refractivity contribution in [2.45, 2.75) is 13.1 Å². The fraction of sp³-hybridized carbons (Fsp3) is 0.286. The smallest absolute Gasteiger partial charge is 0.331 e. The van der Waals surface area contributed by atoms with Gasteiger partial charge in [0.15, 0.2) is 37.9 Å². The van der Waals surface area contributed by atoms with E-state index < -0.39 is 7.60 Å². The predicted molar refractivity (Wildman–Crippen MR) is 76.3 cm³/mol. The summed E-state index contributed by atoms with van der Waals surface area (Å²) in [6, 6.07) is 7.74. The van der Waals surface area contributed by atoms with E-state index in [0.717, 1.165) is 11.1 Å². The van der Waals surface area contributed by atoms with Gasteiger partial charge in [0.05, 0.1) is 0 Å². The van der Waals surface area contributed by atoms with Gasteiger partial charge in [0.2, 0.25) is 0 Å². The van der Waals surface area contributed by atoms with Gasteiger partial charge >= 0.3 is 7.60 Å². The lowest BCUT2D eigenvalue weighted by Crippen LogP contribution is -2.34. The second-order valence-corrected chi connectivity index (χ2v) is 6.54. The first-order valence-corrected chi connectivity index (χ1v) is 8.42. The van der Waals surface area contributed by atoms with Gasteiger partial charge < -0.3 is 14.9 Å². The van der Waals surface area contributed by atoms with Crippen LogP contribution >= 0.6 is 7.60 Å². The Morgan fingerprint density at radius 1 is 0.857 bits per heavy atom. The first-order valence-electron chi connectivity index (χ1n) is 6.62. The van der Waals surface area contributed by atoms with E-state index in [1.807, 2.05) is 41.2 Å². The van der Waals surface area contributed by atoms with Crippen molar-refractivity contribution >= 4 is 7.60 Å². The third kappa shape index (κ3) is 5.02. The number of aryl methyl sites for hydroxylation is 1. The largest absolute Gasteiger partial charge is 0.390 e. The minimum absolute atomic E-state index is 0.106. The summed E-state index contributed by atoms with van der Waals surface area (Å²) in [6.45, 7) is 0.961. The Labute approximate surface area is 123 Å². The highest BCUT2D eigenvalue weighted by Crippen LogP contribution is 2.33. The molecule has 7 heteroatoms. The molecular formula is C14H19N2O4P+2. The summed E-state index contributed by atoms with van der Waals surface area (Å²) < 4.78 is 14.5. The first kappa shape index (κ1) is 15.8. The van der Waals surface area contributed by atoms with Crippen LogP contribution in [0.1, 0.15) is 0 Å². The average molecular weight is 310 g/mol. The van der Waals surface area contributed by atoms with Gasteiger partial charge in [-0.25, -0.2) is 9.13 Å². The molecule has 0 saturated carbocycles. The molecule has 0 unspecified atom stereocenters. The monoisotopic (exact) mass is 310 g/mol. The van der Waals surface area contributed by atoms with Gasteiger partial charge in [0.1, 0.15) is 12.8 Å². The zero-order valence-corrected chi connectivity index (χ0v) is 12.4. The van der Waals surface area contributed by atoms with Gasteiger partial charge in [-0.05, 0) is 11.1 Å². The van der Waals surface area contributed by atoms with Gasteiger partial charge in [-0.15, -0.1) is 0 Å². The minimum Gasteiger partial charge on any atom is -0.390 e. The molecule has 0 aliphatic heterocycles. The second kappa shape index (κ2) is 6.91. The van der Waals surface area contributed by atoms with Crippen molar-refractivity contribution in [2.24, 2.45) is 0 Å². The van der Waals surface area contributed by atoms with Crippen LogP contribution in [0, 0.1) is 0 Å². The van der Waals surface area contributed by atoms with Crippen LogP contribution < -0.4 is 9.13 Å². The Morgan fingerprint density at radius 2 is 1.29 bits per heavy atom. The standard InChI is InChI=1S/C14H17N2O4P/c17-11-9-15-5-1-13(2-6-15)14-3-7-16(8-4-14)10-12-21(18,19)20/h1-8,17H,9-12H2/p+2. The highest BCUT2D eigenvalue weighted by Gasteiger charge is 2.15. The topological polar surface area (TPSA) is 85.5 Å². The minimum atomic E-state index is -3.96. The zero-order chi connectivity index (χ0) is 15.3. The summed E-state index contributed by atoms with van der Waals surface area (Å²) >= 11 is 0. The van der Waals surface area contributed by atoms with Crippen molar-refractivity contribution in [1.82, 2.24) is 0 Å². The van der Waals surface area contributed by atoms with E-state index in [0.29, 0.717) is 6.54 Å². The van der Waals surface area contributed by atoms with Crippen LogP contribution in [0.5, 0.6) is 0 Å². The lowest BCUT2D eigenvalue weighted by molar-refractivity contribution is -0.698. The number of rotatable bonds is 6. The third-order valence-corrected chi connectivity index (χ3v) is 3.91. The normalized spacial score (nSPS) is 11.6. The van der Waals surface area contributed by atoms with E-state index in [1.165, 1.54) is 0 Å². The molecule has 0 spiro atoms. The number of hydrogen-bond donors (Lipinski definition) is 3. The van der Waals surface area contributed by atoms with Crippen molar-refractivity contribution in [3.8, 4) is 11.1 Å². The van der Waals surface area contributed by atoms with E-state index in [2.05, 4.69) is 0 Å². The summed E-state index contributed by atoms with van der Waals surface area (Å²) in [5.41, 5.74) is 2.07. The van der Waals surface area contributed by atoms with E-state index in [4.69, 9.17) is 14.9 Å². The second-order valence-electron chi connectivity index (χ2n) is 4.76. The summed E-state index contributed by atoms with van der Waals surface area (Å²) in [4.78, 5) is 17.7. The Bertz CT molecular complexity index is 622. The van der Waals surface area contributed by atoms with Crippen molar-refractivity contribution in [3.05, 3.63) is 49.1 Å². The molecule has 3 N–H and O–H groups in total. The van der Waals surface area contributed by atoms with Crippen LogP contribution in [0.4, 0.5) is 0 Å². The molecule has 2 aromatic rings. The molecule has 112 valence electrons. The Hall–Kier alpha value is -1.59. The Morgan fingerprint density at radius 3 is 1.67 bits per heavy atom. The molecular weight excluding hydrogens is 291 g/mol. The molecule has 2 heterocycles. The van der Waals surface area contributed by atoms with Gasteiger partial charge in [0, 0.05) is 24.3 Å². The maximum atomic E-state index is 10.8. The molecule has 0 radical (unpaired) electrons. The maximum Gasteiger partial charge on any atom is 0.331 e. The van der Waals surface area contributed by atoms with Crippen LogP contribution in [0.2, 0.25) is 0 Å². The SMILES string of the molecule is O=P(O)(O)CC[n+]1ccc(-c2cc[n+](CCO)cc2)cc1. The van der Waals surface area contributed by atoms with Gasteiger partial charge in [-0.2, -0.15) is 0 Å². The van der Waals surface area contributed by atoms with Crippen LogP contribution in [0.3, 0.4) is 0 Å². The van der Waals surface area contributed by atoms with Crippen molar-refractivity contribution in [3.63, 3.8) is 0 Å². The number of nitrogens with zero attached hydrogens (tertiary/aromatic N) is 2. The molecule has 0 amide bonds. The molecule has 6 nitrogen and oxygen atoms in total. The molecule has 0 aliphatic rings. The van der Waals surface area contributed by atoms with E-state index >= 15 is 0 Å². The van der Waals surface area contributed by atoms with Crippen molar-refractivity contribution in [1.29, 1.82) is 0 Å². The third-order valence-electron chi connectivity index (χ3n) is 3.12. The molecule has 2 aromatic heterocycles. The van der Waals surface area contributed by atoms with Gasteiger partial charge in [-0.1, -0.05) is 0 Å². The summed E-state index contributed by atoms with van der Waals surface area (Å²) in [6.07, 6.45) is 7.25. The van der Waals surface area contributed by atoms with Gasteiger partial charge in [0.25, 0.3) is 0 Å². The molecule has 0 bridgehead atoms. The first-order chi connectivity index (χ1) is 9.98. The van der Waals surface area contributed by atoms with E-state index in [-0.39, 0.29) is 19.3 Å². The van der Waals surface area contributed by atoms with Crippen LogP contribution in [0.25, 0.3) is 11.1 Å². The fourth-order valence-electron chi connectivity index (χ4n) is 1.96. The number of aromatic nitrogens is 2. The van der Waals surface area contributed by atoms with Crippen molar-refractivity contribution < 1.29 is 28.6 Å². The molecule has 0 aromatic carbocycles. The quantitative estimate of drug-likeness (QED) is 0.522. The molecule has 0 fully saturated rings. The zero-order valence-electron chi connectivity index (χ0n) is 11.5. The number of aliphatic hydroxyl groups excluding tert-OH is 1. The maximum absolute atomic E-state index is 10.8. The fourth-order valence-corrected chi connectivity index (χ4v) is 2.45. The highest BCUT2D eigenvalue weighted by molar-refractivity contribution is 7.51. The average Bonchev–Trinajstić information content (AvgIpc) is 2.46. The molecule has 21 heavy (non-hydrogen) atoms.